The number of aliphatic hydroxyl groups is 1. The van der Waals surface area contributed by atoms with Crippen LogP contribution in [0.3, 0.4) is 0 Å². The topological polar surface area (TPSA) is 325 Å². The van der Waals surface area contributed by atoms with Crippen molar-refractivity contribution in [2.24, 2.45) is 0 Å². The van der Waals surface area contributed by atoms with Crippen LogP contribution in [0.2, 0.25) is 0 Å². The van der Waals surface area contributed by atoms with Gasteiger partial charge in [-0.25, -0.2) is 0 Å². The van der Waals surface area contributed by atoms with Gasteiger partial charge in [-0.1, -0.05) is 228 Å². The van der Waals surface area contributed by atoms with Crippen LogP contribution in [0.25, 0.3) is 157 Å². The number of fused-ring (bicyclic) bond motifs is 3. The van der Waals surface area contributed by atoms with E-state index in [1.165, 1.54) is 60.0 Å². The molecule has 0 aliphatic carbocycles. The second kappa shape index (κ2) is 53.7. The van der Waals surface area contributed by atoms with Crippen molar-refractivity contribution in [2.45, 2.75) is 27.7 Å². The van der Waals surface area contributed by atoms with E-state index in [0.717, 1.165) is 94.3 Å². The number of ketones is 1. The Labute approximate surface area is 839 Å². The molecule has 0 aliphatic heterocycles. The Bertz CT molecular complexity index is 7050. The van der Waals surface area contributed by atoms with E-state index in [1.807, 2.05) is 323 Å². The van der Waals surface area contributed by atoms with Gasteiger partial charge >= 0.3 is 0 Å². The third-order valence-corrected chi connectivity index (χ3v) is 19.0. The Balaban J connectivity index is 0.000000163. The number of carbonyl (C=O) groups is 1. The van der Waals surface area contributed by atoms with E-state index in [4.69, 9.17) is 5.11 Å². The molecule has 1 N–H and O–H groups in total. The van der Waals surface area contributed by atoms with Crippen LogP contribution in [0.1, 0.15) is 25.0 Å². The molecule has 21 aromatic rings. The van der Waals surface area contributed by atoms with Crippen LogP contribution in [-0.4, -0.2) is 112 Å². The summed E-state index contributed by atoms with van der Waals surface area (Å²) in [5.41, 5.74) is 14.9. The molecule has 4 radical (unpaired) electrons. The van der Waals surface area contributed by atoms with Crippen molar-refractivity contribution < 1.29 is 95.2 Å². The van der Waals surface area contributed by atoms with Crippen molar-refractivity contribution in [3.63, 3.8) is 0 Å². The summed E-state index contributed by atoms with van der Waals surface area (Å²) in [6.45, 7) is 6.95. The number of hydrogen-bond donors (Lipinski definition) is 1. The zero-order chi connectivity index (χ0) is 91.3. The molecule has 0 amide bonds. The van der Waals surface area contributed by atoms with E-state index in [1.54, 1.807) is 6.20 Å². The summed E-state index contributed by atoms with van der Waals surface area (Å²) in [6, 6.07) is 138. The average Bonchev–Trinajstić information content (AvgIpc) is 0.789. The monoisotopic (exact) mass is 2490 g/mol. The summed E-state index contributed by atoms with van der Waals surface area (Å²) in [6.07, 6.45) is 6.63. The number of nitro benzene ring substituents is 1. The predicted octanol–water partition coefficient (Wildman–Crippen LogP) is 22.3. The number of aromatic nitrogens is 19. The van der Waals surface area contributed by atoms with E-state index in [9.17, 15) is 14.9 Å². The molecular weight excluding hydrogens is 2410 g/mol. The van der Waals surface area contributed by atoms with Gasteiger partial charge in [-0.2, -0.15) is 40.8 Å². The molecule has 28 heteroatoms. The number of carbonyl (C=O) groups excluding carboxylic acids is 1. The summed E-state index contributed by atoms with van der Waals surface area (Å²) in [7, 11) is 0. The van der Waals surface area contributed by atoms with Gasteiger partial charge in [-0.05, 0) is 84.5 Å². The predicted molar refractivity (Wildman–Crippen MR) is 511 cm³/mol. The molecule has 0 fully saturated rings. The smallest absolute Gasteiger partial charge is 0.202 e. The van der Waals surface area contributed by atoms with Crippen molar-refractivity contribution in [1.29, 1.82) is 0 Å². The first-order valence-corrected chi connectivity index (χ1v) is 41.2. The van der Waals surface area contributed by atoms with Gasteiger partial charge in [0.1, 0.15) is 23.3 Å². The third-order valence-electron chi connectivity index (χ3n) is 19.0. The first kappa shape index (κ1) is 102. The maximum Gasteiger partial charge on any atom is 0.202 e. The number of aliphatic hydroxyl groups excluding tert-OH is 1. The molecule has 7 aromatic heterocycles. The Morgan fingerprint density at radius 2 is 0.706 bits per heavy atom. The summed E-state index contributed by atoms with van der Waals surface area (Å²) >= 11 is 0. The maximum absolute atomic E-state index is 10.6. The van der Waals surface area contributed by atoms with Crippen LogP contribution in [0.15, 0.2) is 394 Å². The van der Waals surface area contributed by atoms with Gasteiger partial charge in [0.25, 0.3) is 0 Å². The summed E-state index contributed by atoms with van der Waals surface area (Å²) in [5.74, 6) is 3.64. The molecule has 0 atom stereocenters. The zero-order valence-electron chi connectivity index (χ0n) is 72.9. The summed E-state index contributed by atoms with van der Waals surface area (Å²) in [4.78, 5) is 33.0. The number of pyridine rings is 3. The number of allylic oxidation sites excluding steroid dienone is 2. The minimum Gasteiger partial charge on any atom is -0.512 e. The molecule has 21 rings (SSSR count). The number of hydrogen-bond acceptors (Lipinski definition) is 23. The van der Waals surface area contributed by atoms with Gasteiger partial charge in [0.2, 0.25) is 23.3 Å². The van der Waals surface area contributed by atoms with Crippen molar-refractivity contribution in [2.75, 3.05) is 0 Å². The van der Waals surface area contributed by atoms with Gasteiger partial charge in [-0.3, -0.25) is 14.9 Å². The Kier molecular flexibility index (Phi) is 40.4. The van der Waals surface area contributed by atoms with Crippen LogP contribution in [0, 0.1) is 66.4 Å². The second-order valence-corrected chi connectivity index (χ2v) is 28.6. The van der Waals surface area contributed by atoms with E-state index >= 15 is 0 Å². The minimum atomic E-state index is -0.490. The maximum atomic E-state index is 10.6. The number of non-ortho nitro benzene ring substituents is 1. The van der Waals surface area contributed by atoms with Crippen LogP contribution in [0.5, 0.6) is 0 Å². The SMILES string of the molecule is CC(=O)C=C(C)O.Cc1ccc(-c2nnc(-c3[c-]cccc3)nn2)cc1.Cc1ccnc(-c2[c-]cccc2)c1.O=[N+]([O-])c1c[c-]c(-c2nnc(-c3ccccc3)nn2)cc1.[Ir].[Ir].[Ir].[Ir].[c-]1ccc2ccccc2c1-c1nnc(-c2cccc3ccccc23)nn1.[c-]1ccccc1-c1ccccn1.[c-]1ccccc1-c1nccc2ccccc12.[c-]1ccccc1-c1nnc(-c2ccccc2)nn1. The molecule has 0 unspecified atom stereocenters. The fraction of sp³-hybridized carbons (Fsp3) is 0.0370. The van der Waals surface area contributed by atoms with Gasteiger partial charge in [0.05, 0.1) is 5.76 Å². The average molecular weight is 2490 g/mol. The molecule has 24 nitrogen and oxygen atoms in total. The second-order valence-electron chi connectivity index (χ2n) is 28.6. The molecule has 0 saturated heterocycles. The number of rotatable bonds is 13. The van der Waals surface area contributed by atoms with Crippen molar-refractivity contribution in [1.82, 2.24) is 96.5 Å². The van der Waals surface area contributed by atoms with E-state index in [-0.39, 0.29) is 103 Å². The van der Waals surface area contributed by atoms with Crippen LogP contribution >= 0.6 is 0 Å². The molecule has 7 heterocycles. The molecule has 676 valence electrons. The molecule has 136 heavy (non-hydrogen) atoms. The van der Waals surface area contributed by atoms with Crippen molar-refractivity contribution in [3.05, 3.63) is 458 Å². The summed E-state index contributed by atoms with van der Waals surface area (Å²) in [5, 5.41) is 91.7. The van der Waals surface area contributed by atoms with Crippen LogP contribution < -0.4 is 0 Å². The van der Waals surface area contributed by atoms with Crippen LogP contribution in [-0.2, 0) is 85.2 Å². The number of aryl methyl sites for hydroxylation is 2. The minimum absolute atomic E-state index is 0. The molecule has 0 saturated carbocycles. The Hall–Kier alpha value is -15.7. The standard InChI is InChI=1S/C22H13N4.C15H11N4.C15H10N.C14H8N5O2.C14H9N4.C12H10N.C11H8N.C5H8O2.4Ir/c1-3-11-17-15(7-1)9-5-13-19(17)21-23-25-22(26-24-21)20-14-6-10-16-8-2-4-12-18(16)20;1-11-7-9-13(10-8-11)15-18-16-14(17-19-15)12-5-3-2-4-6-12;1-2-7-13(8-3-1)15-14-9-5-4-6-12(14)10-11-16-15;20-19(21)12-8-6-11(7-9-12)14-17-15-13(16-18-14)10-4-2-1-3-5-10;1-3-7-11(8-4-1)13-15-17-14(18-16-13)12-9-5-2-6-10-12;1-10-7-8-13-12(9-10)11-5-3-2-4-6-11;1-2-6-10(7-3-1)11-8-4-5-9-12-11;1-4(6)3-5(2)7;;;;/h1-13H;2-5,7-10H,1H3;1-7,9-11H;1-6,8-9H;1-9H;2-5,7-9H,1H3;1-6,8-9H;3,6H,1-2H3;;;;/q7*-1;;;;;. The first-order valence-electron chi connectivity index (χ1n) is 41.2. The van der Waals surface area contributed by atoms with E-state index in [2.05, 4.69) is 188 Å². The Morgan fingerprint density at radius 3 is 1.16 bits per heavy atom. The number of nitrogens with zero attached hydrogens (tertiary/aromatic N) is 20. The first-order chi connectivity index (χ1) is 64.8. The Morgan fingerprint density at radius 1 is 0.309 bits per heavy atom. The summed E-state index contributed by atoms with van der Waals surface area (Å²) < 4.78 is 0. The molecule has 0 spiro atoms. The fourth-order valence-corrected chi connectivity index (χ4v) is 12.7. The number of benzene rings is 14. The van der Waals surface area contributed by atoms with Crippen molar-refractivity contribution in [3.8, 4) is 125 Å². The molecule has 0 aliphatic rings. The third kappa shape index (κ3) is 29.9. The number of nitro groups is 1. The van der Waals surface area contributed by atoms with Gasteiger partial charge < -0.3 is 20.1 Å². The van der Waals surface area contributed by atoms with Gasteiger partial charge in [0.15, 0.2) is 11.5 Å². The largest absolute Gasteiger partial charge is 0.512 e. The van der Waals surface area contributed by atoms with Gasteiger partial charge in [-0.15, -0.1) is 262 Å². The molecule has 14 aromatic carbocycles. The molecular formula is C108H77Ir4N20O4-7. The van der Waals surface area contributed by atoms with E-state index in [0.29, 0.717) is 46.3 Å². The van der Waals surface area contributed by atoms with Crippen molar-refractivity contribution >= 4 is 43.8 Å². The van der Waals surface area contributed by atoms with Crippen LogP contribution in [0.4, 0.5) is 5.69 Å². The fourth-order valence-electron chi connectivity index (χ4n) is 12.7. The quantitative estimate of drug-likeness (QED) is 0.0368. The molecule has 0 bridgehead atoms. The zero-order valence-corrected chi connectivity index (χ0v) is 82.5. The van der Waals surface area contributed by atoms with E-state index < -0.39 is 4.92 Å². The van der Waals surface area contributed by atoms with Gasteiger partial charge in [0, 0.05) is 132 Å². The normalized spacial score (nSPS) is 10.1.